The maximum absolute atomic E-state index is 9.07. The van der Waals surface area contributed by atoms with Crippen LogP contribution in [0.1, 0.15) is 30.0 Å². The summed E-state index contributed by atoms with van der Waals surface area (Å²) in [6, 6.07) is 9.06. The molecule has 0 spiro atoms. The van der Waals surface area contributed by atoms with E-state index in [9.17, 15) is 0 Å². The molecule has 1 aliphatic heterocycles. The monoisotopic (exact) mass is 359 g/mol. The lowest BCUT2D eigenvalue weighted by Gasteiger charge is -2.38. The Kier molecular flexibility index (Phi) is 6.43. The van der Waals surface area contributed by atoms with Crippen molar-refractivity contribution in [2.75, 3.05) is 46.4 Å². The highest BCUT2D eigenvalue weighted by atomic mass is 16.5. The number of ether oxygens (including phenoxy) is 1. The lowest BCUT2D eigenvalue weighted by Crippen LogP contribution is -2.47. The van der Waals surface area contributed by atoms with Crippen LogP contribution in [0.3, 0.4) is 0 Å². The van der Waals surface area contributed by atoms with Gasteiger partial charge in [0.25, 0.3) is 0 Å². The largest absolute Gasteiger partial charge is 0.395 e. The van der Waals surface area contributed by atoms with Gasteiger partial charge >= 0.3 is 0 Å². The van der Waals surface area contributed by atoms with Gasteiger partial charge in [-0.2, -0.15) is 0 Å². The Hall–Kier alpha value is -1.73. The van der Waals surface area contributed by atoms with Crippen molar-refractivity contribution >= 4 is 0 Å². The Bertz CT molecular complexity index is 691. The van der Waals surface area contributed by atoms with E-state index in [1.807, 2.05) is 6.92 Å². The van der Waals surface area contributed by atoms with Crippen molar-refractivity contribution in [1.82, 2.24) is 15.0 Å². The molecule has 6 nitrogen and oxygen atoms in total. The summed E-state index contributed by atoms with van der Waals surface area (Å²) < 4.78 is 10.6. The van der Waals surface area contributed by atoms with Gasteiger partial charge < -0.3 is 14.4 Å². The zero-order chi connectivity index (χ0) is 18.5. The van der Waals surface area contributed by atoms with Crippen molar-refractivity contribution in [1.29, 1.82) is 0 Å². The molecule has 2 aromatic rings. The lowest BCUT2D eigenvalue weighted by molar-refractivity contribution is 0.0888. The zero-order valence-corrected chi connectivity index (χ0v) is 15.9. The Balaban J connectivity index is 1.69. The van der Waals surface area contributed by atoms with Crippen LogP contribution >= 0.6 is 0 Å². The molecule has 1 saturated heterocycles. The number of hydrogen-bond donors (Lipinski definition) is 1. The van der Waals surface area contributed by atoms with Crippen LogP contribution in [0.25, 0.3) is 11.1 Å². The van der Waals surface area contributed by atoms with E-state index in [4.69, 9.17) is 14.4 Å². The summed E-state index contributed by atoms with van der Waals surface area (Å²) in [7, 11) is 1.67. The van der Waals surface area contributed by atoms with Crippen molar-refractivity contribution in [2.45, 2.75) is 26.5 Å². The predicted molar refractivity (Wildman–Crippen MR) is 101 cm³/mol. The molecule has 3 rings (SSSR count). The van der Waals surface area contributed by atoms with Gasteiger partial charge in [0.15, 0.2) is 0 Å². The van der Waals surface area contributed by atoms with Crippen LogP contribution < -0.4 is 0 Å². The second kappa shape index (κ2) is 8.77. The number of nitrogens with zero attached hydrogens (tertiary/aromatic N) is 3. The number of benzene rings is 1. The summed E-state index contributed by atoms with van der Waals surface area (Å²) in [5.41, 5.74) is 4.29. The minimum absolute atomic E-state index is 0.240. The van der Waals surface area contributed by atoms with Crippen LogP contribution in [0.15, 0.2) is 28.8 Å². The highest BCUT2D eigenvalue weighted by Gasteiger charge is 2.22. The van der Waals surface area contributed by atoms with Gasteiger partial charge in [-0.15, -0.1) is 0 Å². The van der Waals surface area contributed by atoms with Crippen molar-refractivity contribution in [3.63, 3.8) is 0 Å². The number of β-amino-alcohol motifs (C(OH)–C–C–N with tert-alkyl or cyclic N) is 1. The number of aliphatic hydroxyl groups excluding tert-OH is 1. The first kappa shape index (κ1) is 19.0. The highest BCUT2D eigenvalue weighted by Crippen LogP contribution is 2.30. The van der Waals surface area contributed by atoms with Gasteiger partial charge in [-0.25, -0.2) is 0 Å². The number of aliphatic hydroxyl groups is 1. The van der Waals surface area contributed by atoms with Crippen LogP contribution in [-0.2, 0) is 11.3 Å². The maximum Gasteiger partial charge on any atom is 0.141 e. The van der Waals surface area contributed by atoms with Gasteiger partial charge in [-0.05, 0) is 25.0 Å². The second-order valence-corrected chi connectivity index (χ2v) is 6.89. The Morgan fingerprint density at radius 2 is 1.88 bits per heavy atom. The number of methoxy groups -OCH3 is 1. The lowest BCUT2D eigenvalue weighted by atomic mass is 9.99. The van der Waals surface area contributed by atoms with Gasteiger partial charge in [-0.1, -0.05) is 29.4 Å². The molecule has 0 bridgehead atoms. The Morgan fingerprint density at radius 1 is 1.19 bits per heavy atom. The van der Waals surface area contributed by atoms with E-state index in [1.54, 1.807) is 7.11 Å². The first-order valence-electron chi connectivity index (χ1n) is 9.25. The fraction of sp³-hybridized carbons (Fsp3) is 0.550. The van der Waals surface area contributed by atoms with Crippen LogP contribution in [0.5, 0.6) is 0 Å². The first-order chi connectivity index (χ1) is 12.6. The summed E-state index contributed by atoms with van der Waals surface area (Å²) >= 11 is 0. The predicted octanol–water partition coefficient (Wildman–Crippen LogP) is 2.47. The van der Waals surface area contributed by atoms with E-state index in [2.05, 4.69) is 46.1 Å². The molecule has 1 aromatic carbocycles. The summed E-state index contributed by atoms with van der Waals surface area (Å²) in [4.78, 5) is 4.82. The third-order valence-corrected chi connectivity index (χ3v) is 5.27. The quantitative estimate of drug-likeness (QED) is 0.819. The van der Waals surface area contributed by atoms with Crippen LogP contribution in [0, 0.1) is 6.92 Å². The van der Waals surface area contributed by atoms with Crippen LogP contribution in [-0.4, -0.2) is 66.5 Å². The van der Waals surface area contributed by atoms with Gasteiger partial charge in [0, 0.05) is 51.4 Å². The fourth-order valence-electron chi connectivity index (χ4n) is 3.68. The molecule has 1 N–H and O–H groups in total. The molecule has 2 heterocycles. The third-order valence-electron chi connectivity index (χ3n) is 5.27. The van der Waals surface area contributed by atoms with Gasteiger partial charge in [-0.3, -0.25) is 9.80 Å². The van der Waals surface area contributed by atoms with E-state index >= 15 is 0 Å². The maximum atomic E-state index is 9.07. The second-order valence-electron chi connectivity index (χ2n) is 6.89. The zero-order valence-electron chi connectivity index (χ0n) is 15.9. The van der Waals surface area contributed by atoms with Gasteiger partial charge in [0.05, 0.1) is 13.2 Å². The van der Waals surface area contributed by atoms with Crippen LogP contribution in [0.4, 0.5) is 0 Å². The standard InChI is InChI=1S/C20H29N3O3/c1-15(23-10-8-22(9-11-23)12-13-24)17-4-6-18(7-5-17)20-16(2)26-21-19(20)14-25-3/h4-7,15,24H,8-14H2,1-3H3. The van der Waals surface area contributed by atoms with E-state index in [0.717, 1.165) is 55.3 Å². The molecule has 0 radical (unpaired) electrons. The first-order valence-corrected chi connectivity index (χ1v) is 9.25. The van der Waals surface area contributed by atoms with Gasteiger partial charge in [0.2, 0.25) is 0 Å². The Labute approximate surface area is 155 Å². The van der Waals surface area contributed by atoms with Crippen molar-refractivity contribution < 1.29 is 14.4 Å². The van der Waals surface area contributed by atoms with E-state index in [1.165, 1.54) is 5.56 Å². The highest BCUT2D eigenvalue weighted by molar-refractivity contribution is 5.68. The van der Waals surface area contributed by atoms with E-state index in [0.29, 0.717) is 12.6 Å². The number of rotatable bonds is 7. The number of aromatic nitrogens is 1. The molecule has 1 atom stereocenters. The van der Waals surface area contributed by atoms with Gasteiger partial charge in [0.1, 0.15) is 11.5 Å². The summed E-state index contributed by atoms with van der Waals surface area (Å²) in [5, 5.41) is 13.2. The smallest absolute Gasteiger partial charge is 0.141 e. The SMILES string of the molecule is COCc1noc(C)c1-c1ccc(C(C)N2CCN(CCO)CC2)cc1. The molecule has 1 aliphatic rings. The minimum Gasteiger partial charge on any atom is -0.395 e. The van der Waals surface area contributed by atoms with E-state index in [-0.39, 0.29) is 6.61 Å². The average Bonchev–Trinajstić information content (AvgIpc) is 3.03. The normalized spacial score (nSPS) is 17.5. The average molecular weight is 359 g/mol. The summed E-state index contributed by atoms with van der Waals surface area (Å²) in [5.74, 6) is 0.817. The van der Waals surface area contributed by atoms with E-state index < -0.39 is 0 Å². The van der Waals surface area contributed by atoms with Crippen LogP contribution in [0.2, 0.25) is 0 Å². The van der Waals surface area contributed by atoms with Crippen molar-refractivity contribution in [3.8, 4) is 11.1 Å². The number of piperazine rings is 1. The van der Waals surface area contributed by atoms with Crippen molar-refractivity contribution in [2.24, 2.45) is 0 Å². The molecule has 142 valence electrons. The molecule has 1 fully saturated rings. The van der Waals surface area contributed by atoms with Crippen molar-refractivity contribution in [3.05, 3.63) is 41.3 Å². The molecule has 0 amide bonds. The number of hydrogen-bond acceptors (Lipinski definition) is 6. The molecule has 0 saturated carbocycles. The Morgan fingerprint density at radius 3 is 2.50 bits per heavy atom. The molecule has 26 heavy (non-hydrogen) atoms. The minimum atomic E-state index is 0.240. The fourth-order valence-corrected chi connectivity index (χ4v) is 3.68. The molecular formula is C20H29N3O3. The molecular weight excluding hydrogens is 330 g/mol. The molecule has 6 heteroatoms. The number of aryl methyl sites for hydroxylation is 1. The molecule has 1 aromatic heterocycles. The third kappa shape index (κ3) is 4.15. The summed E-state index contributed by atoms with van der Waals surface area (Å²) in [6.07, 6.45) is 0. The summed E-state index contributed by atoms with van der Waals surface area (Å²) in [6.45, 7) is 9.76. The topological polar surface area (TPSA) is 62.0 Å². The molecule has 0 aliphatic carbocycles. The molecule has 1 unspecified atom stereocenters.